The van der Waals surface area contributed by atoms with Gasteiger partial charge in [0.25, 0.3) is 0 Å². The van der Waals surface area contributed by atoms with Crippen molar-refractivity contribution in [2.24, 2.45) is 5.73 Å². The molecule has 1 aliphatic heterocycles. The molecule has 0 saturated carbocycles. The second-order valence-electron chi connectivity index (χ2n) is 3.74. The van der Waals surface area contributed by atoms with Gasteiger partial charge < -0.3 is 10.5 Å². The summed E-state index contributed by atoms with van der Waals surface area (Å²) in [6.07, 6.45) is 0. The zero-order chi connectivity index (χ0) is 10.4. The van der Waals surface area contributed by atoms with Gasteiger partial charge in [-0.15, -0.1) is 0 Å². The first-order chi connectivity index (χ1) is 6.68. The van der Waals surface area contributed by atoms with Gasteiger partial charge in [-0.1, -0.05) is 0 Å². The molecule has 5 heteroatoms. The summed E-state index contributed by atoms with van der Waals surface area (Å²) in [5.41, 5.74) is 5.58. The highest BCUT2D eigenvalue weighted by atomic mass is 32.2. The van der Waals surface area contributed by atoms with E-state index < -0.39 is 10.8 Å². The Morgan fingerprint density at radius 2 is 2.14 bits per heavy atom. The standard InChI is InChI=1S/C9H20N2O2S/c1-9(10)8-14(12)7-4-11-2-5-13-6-3-11/h9H,2-8,10H2,1H3. The van der Waals surface area contributed by atoms with E-state index in [0.717, 1.165) is 38.6 Å². The van der Waals surface area contributed by atoms with E-state index in [1.165, 1.54) is 0 Å². The number of hydrogen-bond acceptors (Lipinski definition) is 4. The maximum Gasteiger partial charge on any atom is 0.0594 e. The van der Waals surface area contributed by atoms with E-state index >= 15 is 0 Å². The molecule has 1 saturated heterocycles. The van der Waals surface area contributed by atoms with Crippen LogP contribution in [0.2, 0.25) is 0 Å². The van der Waals surface area contributed by atoms with Gasteiger partial charge in [0.1, 0.15) is 0 Å². The maximum atomic E-state index is 11.5. The number of nitrogens with two attached hydrogens (primary N) is 1. The minimum absolute atomic E-state index is 0.0422. The van der Waals surface area contributed by atoms with E-state index in [9.17, 15) is 4.21 Å². The first-order valence-corrected chi connectivity index (χ1v) is 6.58. The Kier molecular flexibility index (Phi) is 5.62. The molecule has 0 spiro atoms. The summed E-state index contributed by atoms with van der Waals surface area (Å²) in [6, 6.07) is 0.0422. The van der Waals surface area contributed by atoms with E-state index in [0.29, 0.717) is 5.75 Å². The van der Waals surface area contributed by atoms with Gasteiger partial charge in [0.05, 0.1) is 13.2 Å². The van der Waals surface area contributed by atoms with Gasteiger partial charge in [0.15, 0.2) is 0 Å². The number of rotatable bonds is 5. The van der Waals surface area contributed by atoms with Gasteiger partial charge in [-0.05, 0) is 6.92 Å². The SMILES string of the molecule is CC(N)CS(=O)CCN1CCOCC1. The van der Waals surface area contributed by atoms with Crippen LogP contribution in [0.1, 0.15) is 6.92 Å². The molecule has 2 N–H and O–H groups in total. The van der Waals surface area contributed by atoms with E-state index in [4.69, 9.17) is 10.5 Å². The lowest BCUT2D eigenvalue weighted by atomic mass is 10.4. The molecule has 1 aliphatic rings. The third kappa shape index (κ3) is 5.05. The summed E-state index contributed by atoms with van der Waals surface area (Å²) < 4.78 is 16.7. The van der Waals surface area contributed by atoms with Crippen LogP contribution in [0.15, 0.2) is 0 Å². The molecule has 0 amide bonds. The van der Waals surface area contributed by atoms with Crippen LogP contribution in [-0.4, -0.2) is 59.5 Å². The fraction of sp³-hybridized carbons (Fsp3) is 1.00. The molecule has 1 rings (SSSR count). The van der Waals surface area contributed by atoms with Crippen molar-refractivity contribution in [1.29, 1.82) is 0 Å². The lowest BCUT2D eigenvalue weighted by Crippen LogP contribution is -2.39. The molecule has 14 heavy (non-hydrogen) atoms. The quantitative estimate of drug-likeness (QED) is 0.673. The monoisotopic (exact) mass is 220 g/mol. The maximum absolute atomic E-state index is 11.5. The molecule has 1 heterocycles. The molecule has 0 aliphatic carbocycles. The van der Waals surface area contributed by atoms with Crippen molar-refractivity contribution in [2.45, 2.75) is 13.0 Å². The Morgan fingerprint density at radius 1 is 1.50 bits per heavy atom. The molecule has 0 radical (unpaired) electrons. The van der Waals surface area contributed by atoms with E-state index in [1.54, 1.807) is 0 Å². The topological polar surface area (TPSA) is 55.6 Å². The first-order valence-electron chi connectivity index (χ1n) is 5.09. The Balaban J connectivity index is 2.09. The van der Waals surface area contributed by atoms with Crippen LogP contribution in [0.25, 0.3) is 0 Å². The summed E-state index contributed by atoms with van der Waals surface area (Å²) >= 11 is 0. The first kappa shape index (κ1) is 12.1. The summed E-state index contributed by atoms with van der Waals surface area (Å²) in [4.78, 5) is 2.29. The Morgan fingerprint density at radius 3 is 2.71 bits per heavy atom. The highest BCUT2D eigenvalue weighted by Crippen LogP contribution is 1.97. The summed E-state index contributed by atoms with van der Waals surface area (Å²) in [5, 5.41) is 0. The van der Waals surface area contributed by atoms with Crippen molar-refractivity contribution in [1.82, 2.24) is 4.90 Å². The van der Waals surface area contributed by atoms with E-state index in [-0.39, 0.29) is 6.04 Å². The molecule has 0 aromatic carbocycles. The van der Waals surface area contributed by atoms with Crippen LogP contribution in [-0.2, 0) is 15.5 Å². The van der Waals surface area contributed by atoms with Gasteiger partial charge in [-0.3, -0.25) is 9.11 Å². The van der Waals surface area contributed by atoms with Crippen LogP contribution >= 0.6 is 0 Å². The Hall–Kier alpha value is 0.0300. The zero-order valence-corrected chi connectivity index (χ0v) is 9.59. The van der Waals surface area contributed by atoms with Gasteiger partial charge >= 0.3 is 0 Å². The van der Waals surface area contributed by atoms with Crippen molar-refractivity contribution < 1.29 is 8.95 Å². The van der Waals surface area contributed by atoms with Crippen LogP contribution in [0, 0.1) is 0 Å². The molecule has 2 atom stereocenters. The number of nitrogens with zero attached hydrogens (tertiary/aromatic N) is 1. The average molecular weight is 220 g/mol. The van der Waals surface area contributed by atoms with Crippen molar-refractivity contribution in [3.05, 3.63) is 0 Å². The van der Waals surface area contributed by atoms with Crippen molar-refractivity contribution in [2.75, 3.05) is 44.4 Å². The minimum atomic E-state index is -0.759. The second-order valence-corrected chi connectivity index (χ2v) is 5.36. The Labute approximate surface area is 88.2 Å². The third-order valence-corrected chi connectivity index (χ3v) is 3.72. The number of morpholine rings is 1. The molecule has 0 bridgehead atoms. The lowest BCUT2D eigenvalue weighted by molar-refractivity contribution is 0.0409. The predicted molar refractivity (Wildman–Crippen MR) is 58.8 cm³/mol. The van der Waals surface area contributed by atoms with Crippen LogP contribution in [0.3, 0.4) is 0 Å². The van der Waals surface area contributed by atoms with E-state index in [2.05, 4.69) is 4.90 Å². The molecule has 0 aromatic rings. The third-order valence-electron chi connectivity index (χ3n) is 2.19. The van der Waals surface area contributed by atoms with E-state index in [1.807, 2.05) is 6.92 Å². The van der Waals surface area contributed by atoms with Crippen LogP contribution in [0.5, 0.6) is 0 Å². The molecule has 2 unspecified atom stereocenters. The van der Waals surface area contributed by atoms with Gasteiger partial charge in [-0.2, -0.15) is 0 Å². The smallest absolute Gasteiger partial charge is 0.0594 e. The molecule has 1 fully saturated rings. The molecule has 0 aromatic heterocycles. The van der Waals surface area contributed by atoms with Crippen molar-refractivity contribution >= 4 is 10.8 Å². The molecule has 4 nitrogen and oxygen atoms in total. The lowest BCUT2D eigenvalue weighted by Gasteiger charge is -2.26. The highest BCUT2D eigenvalue weighted by molar-refractivity contribution is 7.85. The minimum Gasteiger partial charge on any atom is -0.379 e. The fourth-order valence-corrected chi connectivity index (χ4v) is 2.65. The summed E-state index contributed by atoms with van der Waals surface area (Å²) in [6.45, 7) is 6.35. The average Bonchev–Trinajstić information content (AvgIpc) is 2.15. The number of ether oxygens (including phenoxy) is 1. The molecular weight excluding hydrogens is 200 g/mol. The summed E-state index contributed by atoms with van der Waals surface area (Å²) in [7, 11) is -0.759. The predicted octanol–water partition coefficient (Wildman–Crippen LogP) is -0.585. The van der Waals surface area contributed by atoms with Crippen molar-refractivity contribution in [3.8, 4) is 0 Å². The van der Waals surface area contributed by atoms with Crippen LogP contribution in [0.4, 0.5) is 0 Å². The van der Waals surface area contributed by atoms with Gasteiger partial charge in [-0.25, -0.2) is 0 Å². The van der Waals surface area contributed by atoms with Gasteiger partial charge in [0, 0.05) is 48.0 Å². The molecular formula is C9H20N2O2S. The van der Waals surface area contributed by atoms with Crippen molar-refractivity contribution in [3.63, 3.8) is 0 Å². The number of hydrogen-bond donors (Lipinski definition) is 1. The Bertz CT molecular complexity index is 182. The second kappa shape index (κ2) is 6.50. The normalized spacial score (nSPS) is 23.3. The fourth-order valence-electron chi connectivity index (χ4n) is 1.43. The van der Waals surface area contributed by atoms with Gasteiger partial charge in [0.2, 0.25) is 0 Å². The van der Waals surface area contributed by atoms with Crippen LogP contribution < -0.4 is 5.73 Å². The highest BCUT2D eigenvalue weighted by Gasteiger charge is 2.11. The summed E-state index contributed by atoms with van der Waals surface area (Å²) in [5.74, 6) is 1.35. The molecule has 84 valence electrons. The largest absolute Gasteiger partial charge is 0.379 e. The zero-order valence-electron chi connectivity index (χ0n) is 8.78.